The van der Waals surface area contributed by atoms with Gasteiger partial charge in [-0.2, -0.15) is 0 Å². The number of carbonyl (C=O) groups is 1. The molecule has 0 spiro atoms. The summed E-state index contributed by atoms with van der Waals surface area (Å²) in [7, 11) is 0. The molecule has 1 aromatic heterocycles. The van der Waals surface area contributed by atoms with Crippen LogP contribution >= 0.6 is 0 Å². The first kappa shape index (κ1) is 10.3. The molecule has 0 atom stereocenters. The minimum Gasteiger partial charge on any atom is -0.472 e. The molecule has 82 valence electrons. The lowest BCUT2D eigenvalue weighted by Gasteiger charge is -2.06. The molecule has 1 aromatic carbocycles. The molecule has 0 bridgehead atoms. The van der Waals surface area contributed by atoms with E-state index < -0.39 is 0 Å². The van der Waals surface area contributed by atoms with E-state index in [1.54, 1.807) is 12.1 Å². The van der Waals surface area contributed by atoms with E-state index >= 15 is 0 Å². The van der Waals surface area contributed by atoms with Gasteiger partial charge in [0.15, 0.2) is 0 Å². The number of anilines is 1. The summed E-state index contributed by atoms with van der Waals surface area (Å²) in [5, 5.41) is 2.76. The molecule has 0 saturated heterocycles. The summed E-state index contributed by atoms with van der Waals surface area (Å²) >= 11 is 0. The van der Waals surface area contributed by atoms with Gasteiger partial charge in [0.2, 0.25) is 0 Å². The number of hydrogen-bond acceptors (Lipinski definition) is 3. The van der Waals surface area contributed by atoms with Gasteiger partial charge in [0.25, 0.3) is 5.91 Å². The number of furan rings is 1. The lowest BCUT2D eigenvalue weighted by molar-refractivity contribution is 0.0950. The van der Waals surface area contributed by atoms with Crippen molar-refractivity contribution in [2.75, 3.05) is 5.73 Å². The van der Waals surface area contributed by atoms with Crippen molar-refractivity contribution in [2.24, 2.45) is 0 Å². The van der Waals surface area contributed by atoms with Gasteiger partial charge < -0.3 is 15.5 Å². The fraction of sp³-hybridized carbons (Fsp3) is 0.0833. The Morgan fingerprint density at radius 1 is 1.31 bits per heavy atom. The van der Waals surface area contributed by atoms with Crippen molar-refractivity contribution in [3.63, 3.8) is 0 Å². The molecule has 0 radical (unpaired) electrons. The van der Waals surface area contributed by atoms with Gasteiger partial charge in [0, 0.05) is 12.2 Å². The van der Waals surface area contributed by atoms with Crippen LogP contribution in [-0.4, -0.2) is 5.91 Å². The van der Waals surface area contributed by atoms with Crippen molar-refractivity contribution in [3.8, 4) is 0 Å². The Hall–Kier alpha value is -2.23. The van der Waals surface area contributed by atoms with E-state index in [2.05, 4.69) is 5.32 Å². The van der Waals surface area contributed by atoms with Crippen molar-refractivity contribution in [2.45, 2.75) is 6.54 Å². The van der Waals surface area contributed by atoms with Crippen molar-refractivity contribution in [1.29, 1.82) is 0 Å². The van der Waals surface area contributed by atoms with Crippen molar-refractivity contribution >= 4 is 11.6 Å². The number of nitrogen functional groups attached to an aromatic ring is 1. The Morgan fingerprint density at radius 2 is 2.12 bits per heavy atom. The molecule has 1 amide bonds. The molecule has 4 heteroatoms. The van der Waals surface area contributed by atoms with Crippen molar-refractivity contribution in [1.82, 2.24) is 5.32 Å². The predicted molar refractivity (Wildman–Crippen MR) is 60.7 cm³/mol. The number of nitrogens with one attached hydrogen (secondary N) is 1. The van der Waals surface area contributed by atoms with Crippen LogP contribution in [0.3, 0.4) is 0 Å². The molecule has 2 aromatic rings. The molecular weight excluding hydrogens is 204 g/mol. The summed E-state index contributed by atoms with van der Waals surface area (Å²) in [5.74, 6) is -0.169. The molecule has 3 N–H and O–H groups in total. The van der Waals surface area contributed by atoms with E-state index in [0.29, 0.717) is 17.8 Å². The van der Waals surface area contributed by atoms with Gasteiger partial charge in [-0.1, -0.05) is 18.2 Å². The van der Waals surface area contributed by atoms with Gasteiger partial charge in [0.1, 0.15) is 6.26 Å². The SMILES string of the molecule is Nc1ccccc1CNC(=O)c1ccoc1. The minimum absolute atomic E-state index is 0.169. The van der Waals surface area contributed by atoms with E-state index in [9.17, 15) is 4.79 Å². The van der Waals surface area contributed by atoms with Gasteiger partial charge in [0.05, 0.1) is 11.8 Å². The van der Waals surface area contributed by atoms with Crippen molar-refractivity contribution in [3.05, 3.63) is 54.0 Å². The Kier molecular flexibility index (Phi) is 2.91. The number of amides is 1. The first-order valence-electron chi connectivity index (χ1n) is 4.91. The summed E-state index contributed by atoms with van der Waals surface area (Å²) in [6.45, 7) is 0.413. The normalized spacial score (nSPS) is 10.0. The van der Waals surface area contributed by atoms with E-state index in [4.69, 9.17) is 10.2 Å². The first-order valence-corrected chi connectivity index (χ1v) is 4.91. The van der Waals surface area contributed by atoms with Crippen LogP contribution in [0.15, 0.2) is 47.3 Å². The fourth-order valence-corrected chi connectivity index (χ4v) is 1.37. The molecule has 0 aliphatic carbocycles. The Labute approximate surface area is 93.1 Å². The quantitative estimate of drug-likeness (QED) is 0.768. The topological polar surface area (TPSA) is 68.3 Å². The van der Waals surface area contributed by atoms with E-state index in [-0.39, 0.29) is 5.91 Å². The Balaban J connectivity index is 1.98. The number of nitrogens with two attached hydrogens (primary N) is 1. The van der Waals surface area contributed by atoms with Crippen LogP contribution < -0.4 is 11.1 Å². The third-order valence-corrected chi connectivity index (χ3v) is 2.28. The molecule has 4 nitrogen and oxygen atoms in total. The van der Waals surface area contributed by atoms with Crippen LogP contribution in [0, 0.1) is 0 Å². The van der Waals surface area contributed by atoms with Crippen LogP contribution in [0.4, 0.5) is 5.69 Å². The summed E-state index contributed by atoms with van der Waals surface area (Å²) < 4.78 is 4.83. The molecule has 0 unspecified atom stereocenters. The largest absolute Gasteiger partial charge is 0.472 e. The maximum absolute atomic E-state index is 11.6. The maximum atomic E-state index is 11.6. The number of para-hydroxylation sites is 1. The number of carbonyl (C=O) groups excluding carboxylic acids is 1. The van der Waals surface area contributed by atoms with Gasteiger partial charge in [-0.3, -0.25) is 4.79 Å². The third kappa shape index (κ3) is 2.23. The molecule has 0 fully saturated rings. The minimum atomic E-state index is -0.169. The van der Waals surface area contributed by atoms with Crippen LogP contribution in [0.1, 0.15) is 15.9 Å². The number of rotatable bonds is 3. The second kappa shape index (κ2) is 4.53. The van der Waals surface area contributed by atoms with Gasteiger partial charge in [-0.05, 0) is 17.7 Å². The summed E-state index contributed by atoms with van der Waals surface area (Å²) in [5.41, 5.74) is 7.84. The fourth-order valence-electron chi connectivity index (χ4n) is 1.37. The summed E-state index contributed by atoms with van der Waals surface area (Å²) in [6.07, 6.45) is 2.87. The zero-order valence-electron chi connectivity index (χ0n) is 8.64. The average molecular weight is 216 g/mol. The van der Waals surface area contributed by atoms with Crippen LogP contribution in [0.5, 0.6) is 0 Å². The first-order chi connectivity index (χ1) is 7.77. The van der Waals surface area contributed by atoms with E-state index in [1.807, 2.05) is 18.2 Å². The molecule has 16 heavy (non-hydrogen) atoms. The number of benzene rings is 1. The van der Waals surface area contributed by atoms with Crippen LogP contribution in [0.25, 0.3) is 0 Å². The lowest BCUT2D eigenvalue weighted by atomic mass is 10.2. The van der Waals surface area contributed by atoms with Crippen LogP contribution in [0.2, 0.25) is 0 Å². The number of hydrogen-bond donors (Lipinski definition) is 2. The molecule has 0 aliphatic rings. The third-order valence-electron chi connectivity index (χ3n) is 2.28. The van der Waals surface area contributed by atoms with Crippen LogP contribution in [-0.2, 0) is 6.54 Å². The predicted octanol–water partition coefficient (Wildman–Crippen LogP) is 1.79. The van der Waals surface area contributed by atoms with Gasteiger partial charge >= 0.3 is 0 Å². The Bertz CT molecular complexity index is 478. The Morgan fingerprint density at radius 3 is 2.81 bits per heavy atom. The molecule has 0 aliphatic heterocycles. The maximum Gasteiger partial charge on any atom is 0.254 e. The smallest absolute Gasteiger partial charge is 0.254 e. The van der Waals surface area contributed by atoms with Crippen molar-refractivity contribution < 1.29 is 9.21 Å². The van der Waals surface area contributed by atoms with Gasteiger partial charge in [-0.25, -0.2) is 0 Å². The zero-order chi connectivity index (χ0) is 11.4. The monoisotopic (exact) mass is 216 g/mol. The highest BCUT2D eigenvalue weighted by Gasteiger charge is 2.06. The highest BCUT2D eigenvalue weighted by molar-refractivity contribution is 5.93. The highest BCUT2D eigenvalue weighted by atomic mass is 16.3. The molecule has 2 rings (SSSR count). The highest BCUT2D eigenvalue weighted by Crippen LogP contribution is 2.10. The van der Waals surface area contributed by atoms with Gasteiger partial charge in [-0.15, -0.1) is 0 Å². The summed E-state index contributed by atoms with van der Waals surface area (Å²) in [6, 6.07) is 9.04. The van der Waals surface area contributed by atoms with E-state index in [0.717, 1.165) is 5.56 Å². The zero-order valence-corrected chi connectivity index (χ0v) is 8.64. The average Bonchev–Trinajstić information content (AvgIpc) is 2.81. The second-order valence-electron chi connectivity index (χ2n) is 3.39. The van der Waals surface area contributed by atoms with E-state index in [1.165, 1.54) is 12.5 Å². The lowest BCUT2D eigenvalue weighted by Crippen LogP contribution is -2.22. The standard InChI is InChI=1S/C12H12N2O2/c13-11-4-2-1-3-9(11)7-14-12(15)10-5-6-16-8-10/h1-6,8H,7,13H2,(H,14,15). The molecule has 1 heterocycles. The second-order valence-corrected chi connectivity index (χ2v) is 3.39. The summed E-state index contributed by atoms with van der Waals surface area (Å²) in [4.78, 5) is 11.6. The molecule has 0 saturated carbocycles. The molecular formula is C12H12N2O2.